The highest BCUT2D eigenvalue weighted by Gasteiger charge is 2.11. The van der Waals surface area contributed by atoms with Crippen molar-refractivity contribution in [2.24, 2.45) is 7.05 Å². The zero-order chi connectivity index (χ0) is 12.0. The smallest absolute Gasteiger partial charge is 0.293 e. The molecule has 1 heterocycles. The molecule has 0 spiro atoms. The van der Waals surface area contributed by atoms with Crippen molar-refractivity contribution in [3.8, 4) is 0 Å². The number of hydrogen-bond donors (Lipinski definition) is 1. The highest BCUT2D eigenvalue weighted by atomic mass is 16.1. The molecule has 0 radical (unpaired) electrons. The molecule has 0 saturated heterocycles. The van der Waals surface area contributed by atoms with E-state index >= 15 is 0 Å². The van der Waals surface area contributed by atoms with Crippen molar-refractivity contribution in [2.75, 3.05) is 31.6 Å². The van der Waals surface area contributed by atoms with E-state index in [1.54, 1.807) is 24.0 Å². The summed E-state index contributed by atoms with van der Waals surface area (Å²) < 4.78 is 1.56. The first-order valence-electron chi connectivity index (χ1n) is 5.62. The Morgan fingerprint density at radius 1 is 1.50 bits per heavy atom. The van der Waals surface area contributed by atoms with Crippen LogP contribution in [0.3, 0.4) is 0 Å². The fraction of sp³-hybridized carbons (Fsp3) is 0.636. The topological polar surface area (TPSA) is 50.2 Å². The van der Waals surface area contributed by atoms with Gasteiger partial charge in [-0.3, -0.25) is 4.79 Å². The summed E-state index contributed by atoms with van der Waals surface area (Å²) in [6.45, 7) is 4.60. The number of hydrogen-bond acceptors (Lipinski definition) is 4. The van der Waals surface area contributed by atoms with E-state index in [2.05, 4.69) is 17.2 Å². The fourth-order valence-corrected chi connectivity index (χ4v) is 1.54. The van der Waals surface area contributed by atoms with E-state index in [-0.39, 0.29) is 5.56 Å². The Hall–Kier alpha value is -1.36. The zero-order valence-electron chi connectivity index (χ0n) is 10.2. The van der Waals surface area contributed by atoms with Crippen LogP contribution in [0.25, 0.3) is 0 Å². The van der Waals surface area contributed by atoms with Gasteiger partial charge in [0.2, 0.25) is 0 Å². The van der Waals surface area contributed by atoms with Gasteiger partial charge in [0, 0.05) is 39.1 Å². The third-order valence-corrected chi connectivity index (χ3v) is 2.42. The van der Waals surface area contributed by atoms with Crippen LogP contribution in [0, 0.1) is 0 Å². The summed E-state index contributed by atoms with van der Waals surface area (Å²) >= 11 is 0. The Labute approximate surface area is 96.1 Å². The Bertz CT molecular complexity index is 374. The normalized spacial score (nSPS) is 10.4. The van der Waals surface area contributed by atoms with Crippen molar-refractivity contribution >= 4 is 5.82 Å². The van der Waals surface area contributed by atoms with E-state index < -0.39 is 0 Å². The molecule has 5 nitrogen and oxygen atoms in total. The standard InChI is InChI=1S/C11H20N4O/c1-4-7-15(9-5-12-2)10-11(16)14(3)8-6-13-10/h6,8,12H,4-5,7,9H2,1-3H3. The van der Waals surface area contributed by atoms with Crippen molar-refractivity contribution in [3.05, 3.63) is 22.7 Å². The molecule has 5 heteroatoms. The largest absolute Gasteiger partial charge is 0.351 e. The molecule has 1 aromatic rings. The lowest BCUT2D eigenvalue weighted by Crippen LogP contribution is -2.37. The third kappa shape index (κ3) is 3.06. The molecule has 16 heavy (non-hydrogen) atoms. The lowest BCUT2D eigenvalue weighted by molar-refractivity contribution is 0.689. The monoisotopic (exact) mass is 224 g/mol. The second-order valence-electron chi connectivity index (χ2n) is 3.76. The minimum absolute atomic E-state index is 0.0351. The lowest BCUT2D eigenvalue weighted by atomic mass is 10.4. The number of anilines is 1. The first kappa shape index (κ1) is 12.7. The number of likely N-dealkylation sites (N-methyl/N-ethyl adjacent to an activating group) is 1. The summed E-state index contributed by atoms with van der Waals surface area (Å²) in [7, 11) is 3.65. The molecule has 90 valence electrons. The van der Waals surface area contributed by atoms with Gasteiger partial charge in [0.25, 0.3) is 5.56 Å². The second kappa shape index (κ2) is 6.27. The molecular weight excluding hydrogens is 204 g/mol. The Morgan fingerprint density at radius 3 is 2.88 bits per heavy atom. The van der Waals surface area contributed by atoms with Gasteiger partial charge in [-0.05, 0) is 13.5 Å². The summed E-state index contributed by atoms with van der Waals surface area (Å²) in [5, 5.41) is 3.08. The molecule has 1 N–H and O–H groups in total. The van der Waals surface area contributed by atoms with Gasteiger partial charge in [0.05, 0.1) is 0 Å². The maximum Gasteiger partial charge on any atom is 0.293 e. The fourth-order valence-electron chi connectivity index (χ4n) is 1.54. The molecule has 0 aromatic carbocycles. The zero-order valence-corrected chi connectivity index (χ0v) is 10.2. The summed E-state index contributed by atoms with van der Waals surface area (Å²) in [6.07, 6.45) is 4.34. The molecule has 0 saturated carbocycles. The van der Waals surface area contributed by atoms with Gasteiger partial charge in [-0.25, -0.2) is 4.98 Å². The molecule has 0 aliphatic carbocycles. The van der Waals surface area contributed by atoms with E-state index in [0.717, 1.165) is 26.1 Å². The van der Waals surface area contributed by atoms with Crippen molar-refractivity contribution in [1.29, 1.82) is 0 Å². The minimum Gasteiger partial charge on any atom is -0.351 e. The predicted octanol–water partition coefficient (Wildman–Crippen LogP) is 0.216. The number of aryl methyl sites for hydroxylation is 1. The van der Waals surface area contributed by atoms with Crippen LogP contribution in [0.2, 0.25) is 0 Å². The van der Waals surface area contributed by atoms with Gasteiger partial charge in [-0.2, -0.15) is 0 Å². The van der Waals surface area contributed by atoms with E-state index in [4.69, 9.17) is 0 Å². The van der Waals surface area contributed by atoms with Gasteiger partial charge < -0.3 is 14.8 Å². The van der Waals surface area contributed by atoms with Crippen molar-refractivity contribution in [1.82, 2.24) is 14.9 Å². The van der Waals surface area contributed by atoms with E-state index in [0.29, 0.717) is 5.82 Å². The van der Waals surface area contributed by atoms with Gasteiger partial charge in [0.1, 0.15) is 0 Å². The second-order valence-corrected chi connectivity index (χ2v) is 3.76. The van der Waals surface area contributed by atoms with Gasteiger partial charge >= 0.3 is 0 Å². The molecule has 0 unspecified atom stereocenters. The average molecular weight is 224 g/mol. The first-order chi connectivity index (χ1) is 7.70. The van der Waals surface area contributed by atoms with E-state index in [1.807, 2.05) is 11.9 Å². The van der Waals surface area contributed by atoms with Gasteiger partial charge in [0.15, 0.2) is 5.82 Å². The number of nitrogens with one attached hydrogen (secondary N) is 1. The number of nitrogens with zero attached hydrogens (tertiary/aromatic N) is 3. The van der Waals surface area contributed by atoms with Crippen LogP contribution in [0.5, 0.6) is 0 Å². The summed E-state index contributed by atoms with van der Waals surface area (Å²) in [5.74, 6) is 0.544. The molecule has 0 aliphatic rings. The van der Waals surface area contributed by atoms with E-state index in [1.165, 1.54) is 0 Å². The highest BCUT2D eigenvalue weighted by Crippen LogP contribution is 2.03. The van der Waals surface area contributed by atoms with Crippen LogP contribution in [-0.4, -0.2) is 36.2 Å². The van der Waals surface area contributed by atoms with Crippen LogP contribution in [0.1, 0.15) is 13.3 Å². The summed E-state index contributed by atoms with van der Waals surface area (Å²) in [5.41, 5.74) is -0.0351. The Balaban J connectivity index is 2.91. The number of rotatable bonds is 6. The first-order valence-corrected chi connectivity index (χ1v) is 5.62. The molecule has 0 atom stereocenters. The molecule has 0 fully saturated rings. The average Bonchev–Trinajstić information content (AvgIpc) is 2.28. The molecule has 0 aliphatic heterocycles. The van der Waals surface area contributed by atoms with Crippen LogP contribution >= 0.6 is 0 Å². The summed E-state index contributed by atoms with van der Waals surface area (Å²) in [4.78, 5) is 18.1. The molecule has 0 amide bonds. The predicted molar refractivity (Wildman–Crippen MR) is 65.9 cm³/mol. The van der Waals surface area contributed by atoms with Crippen molar-refractivity contribution < 1.29 is 0 Å². The molecule has 1 rings (SSSR count). The SMILES string of the molecule is CCCN(CCNC)c1nccn(C)c1=O. The van der Waals surface area contributed by atoms with Crippen LogP contribution < -0.4 is 15.8 Å². The Morgan fingerprint density at radius 2 is 2.25 bits per heavy atom. The maximum atomic E-state index is 11.9. The third-order valence-electron chi connectivity index (χ3n) is 2.42. The van der Waals surface area contributed by atoms with Gasteiger partial charge in [-0.1, -0.05) is 6.92 Å². The lowest BCUT2D eigenvalue weighted by Gasteiger charge is -2.22. The highest BCUT2D eigenvalue weighted by molar-refractivity contribution is 5.35. The molecule has 1 aromatic heterocycles. The maximum absolute atomic E-state index is 11.9. The van der Waals surface area contributed by atoms with Crippen molar-refractivity contribution in [3.63, 3.8) is 0 Å². The van der Waals surface area contributed by atoms with Crippen LogP contribution in [0.4, 0.5) is 5.82 Å². The molecular formula is C11H20N4O. The minimum atomic E-state index is -0.0351. The van der Waals surface area contributed by atoms with Crippen molar-refractivity contribution in [2.45, 2.75) is 13.3 Å². The quantitative estimate of drug-likeness (QED) is 0.751. The molecule has 0 bridgehead atoms. The van der Waals surface area contributed by atoms with Gasteiger partial charge in [-0.15, -0.1) is 0 Å². The van der Waals surface area contributed by atoms with Crippen LogP contribution in [-0.2, 0) is 7.05 Å². The van der Waals surface area contributed by atoms with Crippen LogP contribution in [0.15, 0.2) is 17.2 Å². The Kier molecular flexibility index (Phi) is 4.98. The summed E-state index contributed by atoms with van der Waals surface area (Å²) in [6, 6.07) is 0. The number of aromatic nitrogens is 2. The van der Waals surface area contributed by atoms with E-state index in [9.17, 15) is 4.79 Å².